The van der Waals surface area contributed by atoms with Crippen LogP contribution in [0.5, 0.6) is 5.75 Å². The van der Waals surface area contributed by atoms with Crippen molar-refractivity contribution in [2.75, 3.05) is 13.2 Å². The Bertz CT molecular complexity index is 952. The molecule has 0 radical (unpaired) electrons. The highest BCUT2D eigenvalue weighted by Crippen LogP contribution is 2.40. The van der Waals surface area contributed by atoms with Gasteiger partial charge in [-0.15, -0.1) is 0 Å². The van der Waals surface area contributed by atoms with E-state index in [4.69, 9.17) is 49.0 Å². The molecular weight excluding hydrogens is 423 g/mol. The zero-order chi connectivity index (χ0) is 19.6. The molecular formula is C20H17Cl3N2O3. The lowest BCUT2D eigenvalue weighted by Gasteiger charge is -2.30. The average molecular weight is 440 g/mol. The minimum atomic E-state index is -1.07. The molecule has 1 saturated heterocycles. The monoisotopic (exact) mass is 438 g/mol. The molecule has 0 spiro atoms. The summed E-state index contributed by atoms with van der Waals surface area (Å²) in [7, 11) is 0. The highest BCUT2D eigenvalue weighted by Gasteiger charge is 2.45. The number of halogens is 3. The molecule has 2 heterocycles. The fourth-order valence-corrected chi connectivity index (χ4v) is 3.86. The van der Waals surface area contributed by atoms with Gasteiger partial charge in [0.1, 0.15) is 18.5 Å². The van der Waals surface area contributed by atoms with Crippen molar-refractivity contribution < 1.29 is 14.2 Å². The van der Waals surface area contributed by atoms with E-state index in [1.807, 2.05) is 35.0 Å². The molecule has 3 aromatic rings. The summed E-state index contributed by atoms with van der Waals surface area (Å²) in [6.07, 6.45) is 4.94. The lowest BCUT2D eigenvalue weighted by Crippen LogP contribution is -2.34. The molecule has 0 bridgehead atoms. The van der Waals surface area contributed by atoms with E-state index in [0.29, 0.717) is 46.1 Å². The molecule has 1 fully saturated rings. The van der Waals surface area contributed by atoms with Crippen molar-refractivity contribution in [1.82, 2.24) is 9.55 Å². The second kappa shape index (κ2) is 8.31. The zero-order valence-corrected chi connectivity index (χ0v) is 17.0. The molecule has 146 valence electrons. The summed E-state index contributed by atoms with van der Waals surface area (Å²) in [5, 5.41) is 1.57. The van der Waals surface area contributed by atoms with E-state index in [1.54, 1.807) is 30.7 Å². The van der Waals surface area contributed by atoms with Crippen molar-refractivity contribution in [3.63, 3.8) is 0 Å². The zero-order valence-electron chi connectivity index (χ0n) is 14.7. The molecule has 0 N–H and O–H groups in total. The predicted molar refractivity (Wildman–Crippen MR) is 108 cm³/mol. The first-order chi connectivity index (χ1) is 13.6. The fraction of sp³-hybridized carbons (Fsp3) is 0.250. The second-order valence-electron chi connectivity index (χ2n) is 6.40. The summed E-state index contributed by atoms with van der Waals surface area (Å²) in [5.41, 5.74) is 0.701. The molecule has 0 aliphatic carbocycles. The molecule has 2 unspecified atom stereocenters. The third-order valence-electron chi connectivity index (χ3n) is 4.41. The molecule has 1 aromatic heterocycles. The van der Waals surface area contributed by atoms with E-state index in [-0.39, 0.29) is 6.10 Å². The lowest BCUT2D eigenvalue weighted by molar-refractivity contribution is -0.189. The van der Waals surface area contributed by atoms with Gasteiger partial charge < -0.3 is 18.8 Å². The fourth-order valence-electron chi connectivity index (χ4n) is 3.12. The summed E-state index contributed by atoms with van der Waals surface area (Å²) in [5.74, 6) is -0.471. The summed E-state index contributed by atoms with van der Waals surface area (Å²) < 4.78 is 20.2. The van der Waals surface area contributed by atoms with Gasteiger partial charge in [-0.25, -0.2) is 4.98 Å². The van der Waals surface area contributed by atoms with Crippen molar-refractivity contribution in [2.45, 2.75) is 18.4 Å². The van der Waals surface area contributed by atoms with Gasteiger partial charge in [0.25, 0.3) is 0 Å². The van der Waals surface area contributed by atoms with Gasteiger partial charge in [0, 0.05) is 23.0 Å². The minimum absolute atomic E-state index is 0.292. The van der Waals surface area contributed by atoms with Gasteiger partial charge in [0.15, 0.2) is 0 Å². The maximum atomic E-state index is 6.46. The number of hydrogen-bond donors (Lipinski definition) is 0. The van der Waals surface area contributed by atoms with Gasteiger partial charge in [-0.1, -0.05) is 53.0 Å². The molecule has 4 rings (SSSR count). The van der Waals surface area contributed by atoms with Gasteiger partial charge >= 0.3 is 0 Å². The van der Waals surface area contributed by atoms with Crippen molar-refractivity contribution in [3.8, 4) is 5.75 Å². The Morgan fingerprint density at radius 2 is 2.00 bits per heavy atom. The second-order valence-corrected chi connectivity index (χ2v) is 7.66. The van der Waals surface area contributed by atoms with E-state index < -0.39 is 5.79 Å². The highest BCUT2D eigenvalue weighted by atomic mass is 35.5. The molecule has 5 nitrogen and oxygen atoms in total. The summed E-state index contributed by atoms with van der Waals surface area (Å²) in [6.45, 7) is 1.02. The van der Waals surface area contributed by atoms with Crippen LogP contribution in [0.15, 0.2) is 61.2 Å². The van der Waals surface area contributed by atoms with Crippen molar-refractivity contribution in [1.29, 1.82) is 0 Å². The quantitative estimate of drug-likeness (QED) is 0.530. The SMILES string of the molecule is Clc1ccc(C2(Cn3ccnc3)OCC(COc3ccccc3Cl)O2)c(Cl)c1. The number of benzene rings is 2. The summed E-state index contributed by atoms with van der Waals surface area (Å²) in [6, 6.07) is 12.6. The van der Waals surface area contributed by atoms with Gasteiger partial charge in [-0.05, 0) is 24.3 Å². The maximum Gasteiger partial charge on any atom is 0.215 e. The molecule has 1 aliphatic heterocycles. The van der Waals surface area contributed by atoms with Crippen molar-refractivity contribution in [3.05, 3.63) is 81.8 Å². The largest absolute Gasteiger partial charge is 0.489 e. The number of hydrogen-bond acceptors (Lipinski definition) is 4. The van der Waals surface area contributed by atoms with Crippen LogP contribution in [-0.4, -0.2) is 28.9 Å². The van der Waals surface area contributed by atoms with Gasteiger partial charge in [0.2, 0.25) is 5.79 Å². The van der Waals surface area contributed by atoms with Gasteiger partial charge in [0.05, 0.1) is 29.5 Å². The summed E-state index contributed by atoms with van der Waals surface area (Å²) >= 11 is 18.7. The van der Waals surface area contributed by atoms with Gasteiger partial charge in [-0.2, -0.15) is 0 Å². The van der Waals surface area contributed by atoms with Crippen LogP contribution in [0.3, 0.4) is 0 Å². The Hall–Kier alpha value is -1.76. The van der Waals surface area contributed by atoms with Crippen LogP contribution in [0.25, 0.3) is 0 Å². The number of aromatic nitrogens is 2. The molecule has 2 aromatic carbocycles. The smallest absolute Gasteiger partial charge is 0.215 e. The van der Waals surface area contributed by atoms with Crippen LogP contribution in [-0.2, 0) is 21.8 Å². The van der Waals surface area contributed by atoms with E-state index >= 15 is 0 Å². The molecule has 8 heteroatoms. The Morgan fingerprint density at radius 1 is 1.14 bits per heavy atom. The number of para-hydroxylation sites is 1. The van der Waals surface area contributed by atoms with E-state index in [2.05, 4.69) is 4.98 Å². The maximum absolute atomic E-state index is 6.46. The molecule has 0 saturated carbocycles. The van der Waals surface area contributed by atoms with Crippen LogP contribution >= 0.6 is 34.8 Å². The minimum Gasteiger partial charge on any atom is -0.489 e. The first kappa shape index (κ1) is 19.6. The number of ether oxygens (including phenoxy) is 3. The predicted octanol–water partition coefficient (Wildman–Crippen LogP) is 5.19. The Kier molecular flexibility index (Phi) is 5.80. The first-order valence-corrected chi connectivity index (χ1v) is 9.79. The number of rotatable bonds is 6. The average Bonchev–Trinajstić information content (AvgIpc) is 3.32. The molecule has 28 heavy (non-hydrogen) atoms. The van der Waals surface area contributed by atoms with Crippen molar-refractivity contribution >= 4 is 34.8 Å². The lowest BCUT2D eigenvalue weighted by atomic mass is 10.1. The standard InChI is InChI=1S/C20H17Cl3N2O3/c21-14-5-6-16(18(23)9-14)20(12-25-8-7-24-13-25)27-11-15(28-20)10-26-19-4-2-1-3-17(19)22/h1-9,13,15H,10-12H2. The van der Waals surface area contributed by atoms with Crippen LogP contribution < -0.4 is 4.74 Å². The van der Waals surface area contributed by atoms with Crippen LogP contribution in [0.4, 0.5) is 0 Å². The molecule has 1 aliphatic rings. The third kappa shape index (κ3) is 4.14. The summed E-state index contributed by atoms with van der Waals surface area (Å²) in [4.78, 5) is 4.09. The Labute approximate surface area is 177 Å². The van der Waals surface area contributed by atoms with Crippen LogP contribution in [0, 0.1) is 0 Å². The molecule has 0 amide bonds. The Balaban J connectivity index is 1.56. The van der Waals surface area contributed by atoms with E-state index in [9.17, 15) is 0 Å². The molecule has 2 atom stereocenters. The number of imidazole rings is 1. The van der Waals surface area contributed by atoms with Crippen LogP contribution in [0.2, 0.25) is 15.1 Å². The first-order valence-electron chi connectivity index (χ1n) is 8.66. The topological polar surface area (TPSA) is 45.5 Å². The number of nitrogens with zero attached hydrogens (tertiary/aromatic N) is 2. The Morgan fingerprint density at radius 3 is 2.75 bits per heavy atom. The normalized spacial score (nSPS) is 21.8. The van der Waals surface area contributed by atoms with Crippen LogP contribution in [0.1, 0.15) is 5.56 Å². The van der Waals surface area contributed by atoms with Crippen molar-refractivity contribution in [2.24, 2.45) is 0 Å². The van der Waals surface area contributed by atoms with Gasteiger partial charge in [-0.3, -0.25) is 0 Å². The van der Waals surface area contributed by atoms with E-state index in [1.165, 1.54) is 0 Å². The highest BCUT2D eigenvalue weighted by molar-refractivity contribution is 6.35. The third-order valence-corrected chi connectivity index (χ3v) is 5.27. The van der Waals surface area contributed by atoms with E-state index in [0.717, 1.165) is 0 Å².